The van der Waals surface area contributed by atoms with Crippen LogP contribution in [0.15, 0.2) is 30.5 Å². The van der Waals surface area contributed by atoms with Crippen LogP contribution in [0.5, 0.6) is 0 Å². The molecule has 1 saturated carbocycles. The summed E-state index contributed by atoms with van der Waals surface area (Å²) in [5.41, 5.74) is 0.226. The standard InChI is InChI=1S/C23H22F3N5/c1-13(2)23(25,26)18-6-4-5-15(19(18)24)10-28-20-17-9-16(22(12-27)7-8-22)11-29-21(17)31-14(3)30-20/h4-6,9,11,13H,7-8,10H2,1-3H3,(H,28,29,30,31). The average Bonchev–Trinajstić information content (AvgIpc) is 3.53. The molecule has 1 N–H and O–H groups in total. The lowest BCUT2D eigenvalue weighted by Crippen LogP contribution is -2.23. The molecule has 3 aromatic rings. The Hall–Kier alpha value is -3.21. The predicted molar refractivity (Wildman–Crippen MR) is 111 cm³/mol. The Labute approximate surface area is 178 Å². The highest BCUT2D eigenvalue weighted by atomic mass is 19.3. The van der Waals surface area contributed by atoms with Gasteiger partial charge in [-0.05, 0) is 31.4 Å². The largest absolute Gasteiger partial charge is 0.365 e. The summed E-state index contributed by atoms with van der Waals surface area (Å²) >= 11 is 0. The smallest absolute Gasteiger partial charge is 0.278 e. The summed E-state index contributed by atoms with van der Waals surface area (Å²) in [6.07, 6.45) is 3.20. The van der Waals surface area contributed by atoms with Gasteiger partial charge in [-0.2, -0.15) is 5.26 Å². The monoisotopic (exact) mass is 425 g/mol. The average molecular weight is 425 g/mol. The number of hydrogen-bond donors (Lipinski definition) is 1. The Morgan fingerprint density at radius 2 is 2.00 bits per heavy atom. The molecule has 0 aliphatic heterocycles. The van der Waals surface area contributed by atoms with Crippen molar-refractivity contribution in [3.63, 3.8) is 0 Å². The number of fused-ring (bicyclic) bond motifs is 1. The van der Waals surface area contributed by atoms with E-state index in [1.54, 1.807) is 13.1 Å². The minimum Gasteiger partial charge on any atom is -0.365 e. The van der Waals surface area contributed by atoms with Crippen LogP contribution in [-0.2, 0) is 17.9 Å². The number of nitriles is 1. The van der Waals surface area contributed by atoms with Crippen LogP contribution in [0.25, 0.3) is 11.0 Å². The van der Waals surface area contributed by atoms with E-state index in [1.807, 2.05) is 6.07 Å². The van der Waals surface area contributed by atoms with Gasteiger partial charge >= 0.3 is 0 Å². The molecule has 0 radical (unpaired) electrons. The first-order valence-corrected chi connectivity index (χ1v) is 10.1. The van der Waals surface area contributed by atoms with Crippen LogP contribution >= 0.6 is 0 Å². The molecule has 0 saturated heterocycles. The minimum absolute atomic E-state index is 0.0347. The number of benzene rings is 1. The Kier molecular flexibility index (Phi) is 5.08. The number of nitrogens with zero attached hydrogens (tertiary/aromatic N) is 4. The highest BCUT2D eigenvalue weighted by Crippen LogP contribution is 2.48. The van der Waals surface area contributed by atoms with E-state index < -0.39 is 28.6 Å². The van der Waals surface area contributed by atoms with Crippen molar-refractivity contribution in [1.29, 1.82) is 5.26 Å². The lowest BCUT2D eigenvalue weighted by atomic mass is 9.95. The quantitative estimate of drug-likeness (QED) is 0.573. The molecule has 1 aromatic carbocycles. The maximum absolute atomic E-state index is 14.9. The summed E-state index contributed by atoms with van der Waals surface area (Å²) in [4.78, 5) is 13.1. The Morgan fingerprint density at radius 1 is 1.26 bits per heavy atom. The van der Waals surface area contributed by atoms with Gasteiger partial charge < -0.3 is 5.32 Å². The molecule has 0 unspecified atom stereocenters. The fraction of sp³-hybridized carbons (Fsp3) is 0.391. The zero-order chi connectivity index (χ0) is 22.4. The maximum Gasteiger partial charge on any atom is 0.278 e. The van der Waals surface area contributed by atoms with Gasteiger partial charge in [0.1, 0.15) is 17.5 Å². The number of nitrogens with one attached hydrogen (secondary N) is 1. The van der Waals surface area contributed by atoms with E-state index in [2.05, 4.69) is 26.3 Å². The second-order valence-electron chi connectivity index (χ2n) is 8.32. The molecule has 0 atom stereocenters. The minimum atomic E-state index is -3.27. The predicted octanol–water partition coefficient (Wildman–Crippen LogP) is 5.39. The molecule has 2 heterocycles. The number of aryl methyl sites for hydroxylation is 1. The fourth-order valence-corrected chi connectivity index (χ4v) is 3.57. The third kappa shape index (κ3) is 3.69. The molecule has 0 amide bonds. The van der Waals surface area contributed by atoms with Gasteiger partial charge in [-0.25, -0.2) is 28.1 Å². The first-order valence-electron chi connectivity index (χ1n) is 10.1. The van der Waals surface area contributed by atoms with Crippen molar-refractivity contribution in [2.75, 3.05) is 5.32 Å². The van der Waals surface area contributed by atoms with Crippen molar-refractivity contribution in [2.45, 2.75) is 51.5 Å². The molecule has 8 heteroatoms. The molecule has 2 aromatic heterocycles. The summed E-state index contributed by atoms with van der Waals surface area (Å²) in [5.74, 6) is -4.34. The number of aromatic nitrogens is 3. The summed E-state index contributed by atoms with van der Waals surface area (Å²) in [5, 5.41) is 13.1. The van der Waals surface area contributed by atoms with Crippen molar-refractivity contribution < 1.29 is 13.2 Å². The Bertz CT molecular complexity index is 1200. The highest BCUT2D eigenvalue weighted by Gasteiger charge is 2.45. The van der Waals surface area contributed by atoms with E-state index in [1.165, 1.54) is 26.0 Å². The number of halogens is 3. The van der Waals surface area contributed by atoms with Gasteiger partial charge in [0.25, 0.3) is 5.92 Å². The lowest BCUT2D eigenvalue weighted by molar-refractivity contribution is -0.0544. The molecule has 1 fully saturated rings. The zero-order valence-electron chi connectivity index (χ0n) is 17.5. The second-order valence-corrected chi connectivity index (χ2v) is 8.32. The van der Waals surface area contributed by atoms with Crippen LogP contribution in [0.1, 0.15) is 49.2 Å². The summed E-state index contributed by atoms with van der Waals surface area (Å²) in [6, 6.07) is 8.19. The van der Waals surface area contributed by atoms with Crippen LogP contribution in [0.3, 0.4) is 0 Å². The van der Waals surface area contributed by atoms with Gasteiger partial charge in [0.15, 0.2) is 5.65 Å². The summed E-state index contributed by atoms with van der Waals surface area (Å²) in [6.45, 7) is 4.40. The van der Waals surface area contributed by atoms with Gasteiger partial charge in [0, 0.05) is 24.2 Å². The molecule has 0 spiro atoms. The normalized spacial score (nSPS) is 15.2. The van der Waals surface area contributed by atoms with Crippen LogP contribution in [0.4, 0.5) is 19.0 Å². The first kappa shape index (κ1) is 21.0. The van der Waals surface area contributed by atoms with Crippen LogP contribution in [0.2, 0.25) is 0 Å². The van der Waals surface area contributed by atoms with Crippen LogP contribution in [-0.4, -0.2) is 15.0 Å². The van der Waals surface area contributed by atoms with Crippen LogP contribution < -0.4 is 5.32 Å². The van der Waals surface area contributed by atoms with E-state index in [-0.39, 0.29) is 12.1 Å². The molecular formula is C23H22F3N5. The lowest BCUT2D eigenvalue weighted by Gasteiger charge is -2.22. The van der Waals surface area contributed by atoms with E-state index in [4.69, 9.17) is 0 Å². The van der Waals surface area contributed by atoms with Crippen molar-refractivity contribution in [2.24, 2.45) is 5.92 Å². The van der Waals surface area contributed by atoms with E-state index in [0.29, 0.717) is 22.7 Å². The molecule has 31 heavy (non-hydrogen) atoms. The molecule has 160 valence electrons. The molecule has 0 bridgehead atoms. The van der Waals surface area contributed by atoms with Crippen molar-refractivity contribution >= 4 is 16.9 Å². The summed E-state index contributed by atoms with van der Waals surface area (Å²) in [7, 11) is 0. The Balaban J connectivity index is 1.68. The van der Waals surface area contributed by atoms with Crippen molar-refractivity contribution in [3.05, 3.63) is 58.8 Å². The number of hydrogen-bond acceptors (Lipinski definition) is 5. The third-order valence-electron chi connectivity index (χ3n) is 5.79. The maximum atomic E-state index is 14.9. The first-order chi connectivity index (χ1) is 14.7. The van der Waals surface area contributed by atoms with Gasteiger partial charge in [0.05, 0.1) is 22.4 Å². The van der Waals surface area contributed by atoms with Gasteiger partial charge in [-0.1, -0.05) is 32.0 Å². The van der Waals surface area contributed by atoms with Crippen LogP contribution in [0, 0.1) is 30.0 Å². The number of alkyl halides is 2. The Morgan fingerprint density at radius 3 is 2.65 bits per heavy atom. The van der Waals surface area contributed by atoms with E-state index in [0.717, 1.165) is 24.5 Å². The third-order valence-corrected chi connectivity index (χ3v) is 5.79. The number of anilines is 1. The molecule has 1 aliphatic carbocycles. The fourth-order valence-electron chi connectivity index (χ4n) is 3.57. The molecule has 5 nitrogen and oxygen atoms in total. The second kappa shape index (κ2) is 7.49. The van der Waals surface area contributed by atoms with E-state index >= 15 is 0 Å². The zero-order valence-corrected chi connectivity index (χ0v) is 17.5. The van der Waals surface area contributed by atoms with Crippen molar-refractivity contribution in [3.8, 4) is 6.07 Å². The van der Waals surface area contributed by atoms with Gasteiger partial charge in [-0.3, -0.25) is 0 Å². The van der Waals surface area contributed by atoms with Gasteiger partial charge in [-0.15, -0.1) is 0 Å². The van der Waals surface area contributed by atoms with E-state index in [9.17, 15) is 18.4 Å². The van der Waals surface area contributed by atoms with Gasteiger partial charge in [0.2, 0.25) is 0 Å². The van der Waals surface area contributed by atoms with Crippen molar-refractivity contribution in [1.82, 2.24) is 15.0 Å². The number of rotatable bonds is 6. The molecular weight excluding hydrogens is 403 g/mol. The molecule has 1 aliphatic rings. The summed E-state index contributed by atoms with van der Waals surface area (Å²) < 4.78 is 43.7. The topological polar surface area (TPSA) is 74.5 Å². The highest BCUT2D eigenvalue weighted by molar-refractivity contribution is 5.87. The molecule has 4 rings (SSSR count). The number of pyridine rings is 1. The SMILES string of the molecule is Cc1nc(NCc2cccc(C(F)(F)C(C)C)c2F)c2cc(C3(C#N)CC3)cnc2n1.